The first kappa shape index (κ1) is 17.4. The van der Waals surface area contributed by atoms with Gasteiger partial charge in [0, 0.05) is 42.7 Å². The summed E-state index contributed by atoms with van der Waals surface area (Å²) in [5.41, 5.74) is 7.28. The van der Waals surface area contributed by atoms with Gasteiger partial charge in [-0.3, -0.25) is 14.2 Å². The Morgan fingerprint density at radius 1 is 1.20 bits per heavy atom. The number of ether oxygens (including phenoxy) is 1. The molecule has 0 radical (unpaired) electrons. The van der Waals surface area contributed by atoms with Crippen LogP contribution in [0.2, 0.25) is 0 Å². The largest absolute Gasteiger partial charge is 0.381 e. The molecule has 0 saturated heterocycles. The first-order valence-corrected chi connectivity index (χ1v) is 8.46. The van der Waals surface area contributed by atoms with Crippen LogP contribution in [0.4, 0.5) is 0 Å². The predicted octanol–water partition coefficient (Wildman–Crippen LogP) is 1.46. The Labute approximate surface area is 146 Å². The molecule has 1 aliphatic carbocycles. The van der Waals surface area contributed by atoms with Crippen LogP contribution in [0.5, 0.6) is 0 Å². The van der Waals surface area contributed by atoms with Gasteiger partial charge in [-0.1, -0.05) is 6.07 Å². The Hall–Kier alpha value is -2.44. The first-order chi connectivity index (χ1) is 12.1. The van der Waals surface area contributed by atoms with E-state index in [1.54, 1.807) is 49.7 Å². The summed E-state index contributed by atoms with van der Waals surface area (Å²) in [4.78, 5) is 24.3. The van der Waals surface area contributed by atoms with E-state index in [2.05, 4.69) is 5.32 Å². The lowest BCUT2D eigenvalue weighted by atomic mass is 9.88. The highest BCUT2D eigenvalue weighted by Gasteiger charge is 2.29. The minimum atomic E-state index is -0.163. The number of nitrogens with one attached hydrogen (secondary N) is 1. The van der Waals surface area contributed by atoms with E-state index in [1.165, 1.54) is 10.6 Å². The second-order valence-electron chi connectivity index (χ2n) is 6.37. The van der Waals surface area contributed by atoms with Crippen molar-refractivity contribution >= 4 is 5.91 Å². The fourth-order valence-electron chi connectivity index (χ4n) is 3.20. The van der Waals surface area contributed by atoms with Crippen LogP contribution in [-0.4, -0.2) is 35.8 Å². The van der Waals surface area contributed by atoms with Crippen molar-refractivity contribution in [2.24, 2.45) is 5.73 Å². The lowest BCUT2D eigenvalue weighted by Gasteiger charge is -2.33. The minimum absolute atomic E-state index is 0.0579. The van der Waals surface area contributed by atoms with E-state index in [1.807, 2.05) is 0 Å². The fraction of sp³-hybridized carbons (Fsp3) is 0.368. The second kappa shape index (κ2) is 7.63. The predicted molar refractivity (Wildman–Crippen MR) is 95.9 cm³/mol. The van der Waals surface area contributed by atoms with E-state index in [9.17, 15) is 9.59 Å². The molecule has 0 bridgehead atoms. The van der Waals surface area contributed by atoms with Crippen LogP contribution in [0.3, 0.4) is 0 Å². The van der Waals surface area contributed by atoms with Crippen LogP contribution < -0.4 is 16.6 Å². The maximum Gasteiger partial charge on any atom is 0.255 e. The van der Waals surface area contributed by atoms with Gasteiger partial charge < -0.3 is 15.8 Å². The number of rotatable bonds is 4. The highest BCUT2D eigenvalue weighted by molar-refractivity contribution is 5.94. The van der Waals surface area contributed by atoms with E-state index in [0.29, 0.717) is 5.56 Å². The summed E-state index contributed by atoms with van der Waals surface area (Å²) in [6, 6.07) is 11.8. The maximum atomic E-state index is 12.5. The van der Waals surface area contributed by atoms with Crippen molar-refractivity contribution < 1.29 is 9.53 Å². The van der Waals surface area contributed by atoms with E-state index in [0.717, 1.165) is 24.9 Å². The van der Waals surface area contributed by atoms with Crippen molar-refractivity contribution in [3.63, 3.8) is 0 Å². The van der Waals surface area contributed by atoms with Gasteiger partial charge in [0.15, 0.2) is 0 Å². The van der Waals surface area contributed by atoms with E-state index < -0.39 is 0 Å². The van der Waals surface area contributed by atoms with Crippen molar-refractivity contribution in [3.05, 3.63) is 64.6 Å². The molecule has 1 heterocycles. The zero-order chi connectivity index (χ0) is 17.8. The number of aromatic nitrogens is 1. The smallest absolute Gasteiger partial charge is 0.255 e. The van der Waals surface area contributed by atoms with Gasteiger partial charge in [0.1, 0.15) is 0 Å². The molecule has 2 aromatic rings. The van der Waals surface area contributed by atoms with Gasteiger partial charge in [0.2, 0.25) is 0 Å². The Morgan fingerprint density at radius 2 is 1.96 bits per heavy atom. The monoisotopic (exact) mass is 341 g/mol. The molecule has 1 saturated carbocycles. The zero-order valence-corrected chi connectivity index (χ0v) is 14.2. The van der Waals surface area contributed by atoms with Crippen LogP contribution in [0.1, 0.15) is 29.6 Å². The lowest BCUT2D eigenvalue weighted by molar-refractivity contribution is 0.0507. The fourth-order valence-corrected chi connectivity index (χ4v) is 3.20. The quantitative estimate of drug-likeness (QED) is 0.881. The topological polar surface area (TPSA) is 86.3 Å². The van der Waals surface area contributed by atoms with Crippen molar-refractivity contribution in [1.29, 1.82) is 0 Å². The van der Waals surface area contributed by atoms with Gasteiger partial charge in [-0.25, -0.2) is 0 Å². The van der Waals surface area contributed by atoms with Gasteiger partial charge in [-0.2, -0.15) is 0 Å². The van der Waals surface area contributed by atoms with E-state index in [4.69, 9.17) is 10.5 Å². The summed E-state index contributed by atoms with van der Waals surface area (Å²) >= 11 is 0. The van der Waals surface area contributed by atoms with E-state index in [-0.39, 0.29) is 29.7 Å². The molecule has 1 aromatic heterocycles. The Kier molecular flexibility index (Phi) is 5.31. The average Bonchev–Trinajstić information content (AvgIpc) is 2.64. The van der Waals surface area contributed by atoms with Crippen LogP contribution >= 0.6 is 0 Å². The van der Waals surface area contributed by atoms with Gasteiger partial charge in [0.25, 0.3) is 11.5 Å². The Balaban J connectivity index is 1.71. The van der Waals surface area contributed by atoms with Crippen molar-refractivity contribution in [1.82, 2.24) is 9.88 Å². The highest BCUT2D eigenvalue weighted by Crippen LogP contribution is 2.20. The molecule has 3 N–H and O–H groups in total. The molecule has 0 aliphatic heterocycles. The van der Waals surface area contributed by atoms with Crippen LogP contribution in [0.25, 0.3) is 5.69 Å². The second-order valence-corrected chi connectivity index (χ2v) is 6.37. The number of nitrogens with zero attached hydrogens (tertiary/aromatic N) is 1. The number of pyridine rings is 1. The first-order valence-electron chi connectivity index (χ1n) is 8.46. The minimum Gasteiger partial charge on any atom is -0.381 e. The average molecular weight is 341 g/mol. The zero-order valence-electron chi connectivity index (χ0n) is 14.2. The number of hydrogen-bond donors (Lipinski definition) is 2. The van der Waals surface area contributed by atoms with Crippen molar-refractivity contribution in [2.75, 3.05) is 7.11 Å². The van der Waals surface area contributed by atoms with Gasteiger partial charge in [-0.15, -0.1) is 0 Å². The molecule has 25 heavy (non-hydrogen) atoms. The Bertz CT molecular complexity index is 785. The summed E-state index contributed by atoms with van der Waals surface area (Å²) in [6.07, 6.45) is 4.31. The molecule has 3 rings (SSSR count). The summed E-state index contributed by atoms with van der Waals surface area (Å²) in [7, 11) is 1.69. The summed E-state index contributed by atoms with van der Waals surface area (Å²) in [5, 5.41) is 3.01. The molecule has 132 valence electrons. The standard InChI is InChI=1S/C19H23N3O3/c1-25-15-9-10-16(20)17(12-15)21-19(24)13-5-7-14(8-6-13)22-11-3-2-4-18(22)23/h2-8,11,15-17H,9-10,12,20H2,1H3,(H,21,24). The van der Waals surface area contributed by atoms with Crippen LogP contribution in [0, 0.1) is 0 Å². The molecule has 6 heteroatoms. The van der Waals surface area contributed by atoms with Crippen LogP contribution in [0.15, 0.2) is 53.5 Å². The summed E-state index contributed by atoms with van der Waals surface area (Å²) in [5.74, 6) is -0.163. The third kappa shape index (κ3) is 3.97. The summed E-state index contributed by atoms with van der Waals surface area (Å²) in [6.45, 7) is 0. The molecule has 0 spiro atoms. The van der Waals surface area contributed by atoms with Gasteiger partial charge >= 0.3 is 0 Å². The molecule has 6 nitrogen and oxygen atoms in total. The SMILES string of the molecule is COC1CCC(N)C(NC(=O)c2ccc(-n3ccccc3=O)cc2)C1. The number of nitrogens with two attached hydrogens (primary N) is 1. The number of methoxy groups -OCH3 is 1. The maximum absolute atomic E-state index is 12.5. The number of amides is 1. The molecule has 3 atom stereocenters. The van der Waals surface area contributed by atoms with Gasteiger partial charge in [-0.05, 0) is 49.6 Å². The van der Waals surface area contributed by atoms with Crippen LogP contribution in [-0.2, 0) is 4.74 Å². The molecule has 1 amide bonds. The third-order valence-electron chi connectivity index (χ3n) is 4.74. The van der Waals surface area contributed by atoms with Crippen molar-refractivity contribution in [2.45, 2.75) is 37.5 Å². The van der Waals surface area contributed by atoms with E-state index >= 15 is 0 Å². The normalized spacial score (nSPS) is 23.2. The number of carbonyl (C=O) groups is 1. The van der Waals surface area contributed by atoms with Crippen molar-refractivity contribution in [3.8, 4) is 5.69 Å². The third-order valence-corrected chi connectivity index (χ3v) is 4.74. The number of carbonyl (C=O) groups excluding carboxylic acids is 1. The molecular weight excluding hydrogens is 318 g/mol. The molecule has 1 fully saturated rings. The molecule has 1 aromatic carbocycles. The summed E-state index contributed by atoms with van der Waals surface area (Å²) < 4.78 is 6.92. The molecular formula is C19H23N3O3. The lowest BCUT2D eigenvalue weighted by Crippen LogP contribution is -2.52. The number of hydrogen-bond acceptors (Lipinski definition) is 4. The van der Waals surface area contributed by atoms with Gasteiger partial charge in [0.05, 0.1) is 6.10 Å². The number of benzene rings is 1. The highest BCUT2D eigenvalue weighted by atomic mass is 16.5. The molecule has 1 aliphatic rings. The molecule has 3 unspecified atom stereocenters. The Morgan fingerprint density at radius 3 is 2.64 bits per heavy atom.